The van der Waals surface area contributed by atoms with Crippen LogP contribution in [0.1, 0.15) is 22.4 Å². The van der Waals surface area contributed by atoms with Crippen molar-refractivity contribution in [3.8, 4) is 0 Å². The van der Waals surface area contributed by atoms with Crippen molar-refractivity contribution in [2.45, 2.75) is 13.0 Å². The van der Waals surface area contributed by atoms with Crippen LogP contribution in [0.15, 0.2) is 23.6 Å². The number of aryl methyl sites for hydroxylation is 1. The summed E-state index contributed by atoms with van der Waals surface area (Å²) in [6, 6.07) is 2.99. The van der Waals surface area contributed by atoms with E-state index in [0.717, 1.165) is 23.9 Å². The molecule has 0 bridgehead atoms. The number of thiazole rings is 1. The maximum absolute atomic E-state index is 13.4. The number of aliphatic hydroxyl groups excluding tert-OH is 1. The molecule has 1 N–H and O–H groups in total. The number of rotatable bonds is 2. The third-order valence-corrected chi connectivity index (χ3v) is 3.14. The maximum Gasteiger partial charge on any atom is 0.133 e. The van der Waals surface area contributed by atoms with Crippen molar-refractivity contribution in [1.82, 2.24) is 4.98 Å². The molecule has 0 radical (unpaired) electrons. The lowest BCUT2D eigenvalue weighted by Crippen LogP contribution is -2.03. The molecule has 2 nitrogen and oxygen atoms in total. The molecule has 0 aliphatic carbocycles. The van der Waals surface area contributed by atoms with Crippen LogP contribution in [-0.2, 0) is 0 Å². The molecule has 1 aromatic heterocycles. The highest BCUT2D eigenvalue weighted by Gasteiger charge is 2.18. The molecule has 2 aromatic rings. The number of aromatic nitrogens is 1. The van der Waals surface area contributed by atoms with Gasteiger partial charge >= 0.3 is 0 Å². The van der Waals surface area contributed by atoms with E-state index in [-0.39, 0.29) is 5.56 Å². The van der Waals surface area contributed by atoms with Gasteiger partial charge in [0.2, 0.25) is 0 Å². The van der Waals surface area contributed by atoms with E-state index in [1.165, 1.54) is 11.3 Å². The van der Waals surface area contributed by atoms with E-state index in [9.17, 15) is 13.9 Å². The van der Waals surface area contributed by atoms with E-state index in [4.69, 9.17) is 0 Å². The molecule has 0 aliphatic rings. The van der Waals surface area contributed by atoms with E-state index >= 15 is 0 Å². The second-order valence-corrected chi connectivity index (χ2v) is 4.29. The average molecular weight is 241 g/mol. The van der Waals surface area contributed by atoms with Crippen LogP contribution in [0.5, 0.6) is 0 Å². The van der Waals surface area contributed by atoms with Crippen LogP contribution in [0.4, 0.5) is 8.78 Å². The third-order valence-electron chi connectivity index (χ3n) is 2.12. The molecule has 1 unspecified atom stereocenters. The average Bonchev–Trinajstić information content (AvgIpc) is 2.67. The summed E-state index contributed by atoms with van der Waals surface area (Å²) in [6.07, 6.45) is -1.21. The fourth-order valence-electron chi connectivity index (χ4n) is 1.35. The Labute approximate surface area is 95.2 Å². The Morgan fingerprint density at radius 2 is 2.12 bits per heavy atom. The zero-order chi connectivity index (χ0) is 11.7. The van der Waals surface area contributed by atoms with Gasteiger partial charge in [-0.05, 0) is 25.1 Å². The quantitative estimate of drug-likeness (QED) is 0.877. The fourth-order valence-corrected chi connectivity index (χ4v) is 2.15. The van der Waals surface area contributed by atoms with Crippen molar-refractivity contribution in [3.05, 3.63) is 51.5 Å². The summed E-state index contributed by atoms with van der Waals surface area (Å²) in [7, 11) is 0. The Balaban J connectivity index is 2.40. The number of hydrogen-bond acceptors (Lipinski definition) is 3. The van der Waals surface area contributed by atoms with Gasteiger partial charge in [-0.25, -0.2) is 13.8 Å². The second-order valence-electron chi connectivity index (χ2n) is 3.40. The zero-order valence-corrected chi connectivity index (χ0v) is 9.26. The molecule has 0 fully saturated rings. The molecule has 1 atom stereocenters. The molecular formula is C11H9F2NOS. The minimum absolute atomic E-state index is 0.0886. The molecule has 0 spiro atoms. The molecule has 84 valence electrons. The largest absolute Gasteiger partial charge is 0.381 e. The van der Waals surface area contributed by atoms with Crippen LogP contribution >= 0.6 is 11.3 Å². The van der Waals surface area contributed by atoms with E-state index in [1.54, 1.807) is 12.3 Å². The zero-order valence-electron chi connectivity index (χ0n) is 8.45. The summed E-state index contributed by atoms with van der Waals surface area (Å²) < 4.78 is 26.3. The molecule has 16 heavy (non-hydrogen) atoms. The topological polar surface area (TPSA) is 33.1 Å². The highest BCUT2D eigenvalue weighted by atomic mass is 32.1. The number of benzene rings is 1. The SMILES string of the molecule is Cc1csc(C(O)c2cc(F)ccc2F)n1. The van der Waals surface area contributed by atoms with Gasteiger partial charge in [0.25, 0.3) is 0 Å². The van der Waals surface area contributed by atoms with Gasteiger partial charge in [0.15, 0.2) is 0 Å². The van der Waals surface area contributed by atoms with E-state index in [0.29, 0.717) is 5.01 Å². The minimum atomic E-state index is -1.21. The first-order chi connectivity index (χ1) is 7.58. The smallest absolute Gasteiger partial charge is 0.133 e. The Bertz CT molecular complexity index is 512. The van der Waals surface area contributed by atoms with Crippen LogP contribution < -0.4 is 0 Å². The van der Waals surface area contributed by atoms with E-state index in [1.807, 2.05) is 0 Å². The van der Waals surface area contributed by atoms with Crippen LogP contribution in [0.3, 0.4) is 0 Å². The van der Waals surface area contributed by atoms with Crippen molar-refractivity contribution < 1.29 is 13.9 Å². The Morgan fingerprint density at radius 1 is 1.38 bits per heavy atom. The summed E-state index contributed by atoms with van der Waals surface area (Å²) >= 11 is 1.22. The third kappa shape index (κ3) is 2.10. The number of aliphatic hydroxyl groups is 1. The number of nitrogens with zero attached hydrogens (tertiary/aromatic N) is 1. The molecule has 0 amide bonds. The van der Waals surface area contributed by atoms with E-state index < -0.39 is 17.7 Å². The first-order valence-corrected chi connectivity index (χ1v) is 5.51. The van der Waals surface area contributed by atoms with Crippen molar-refractivity contribution in [3.63, 3.8) is 0 Å². The Hall–Kier alpha value is -1.33. The van der Waals surface area contributed by atoms with Gasteiger partial charge in [-0.2, -0.15) is 0 Å². The summed E-state index contributed by atoms with van der Waals surface area (Å²) in [5, 5.41) is 12.0. The van der Waals surface area contributed by atoms with Crippen molar-refractivity contribution in [2.75, 3.05) is 0 Å². The van der Waals surface area contributed by atoms with Crippen LogP contribution in [0.2, 0.25) is 0 Å². The van der Waals surface area contributed by atoms with Gasteiger partial charge in [-0.1, -0.05) is 0 Å². The van der Waals surface area contributed by atoms with Gasteiger partial charge in [-0.3, -0.25) is 0 Å². The molecule has 0 saturated carbocycles. The van der Waals surface area contributed by atoms with Crippen LogP contribution in [0, 0.1) is 18.6 Å². The maximum atomic E-state index is 13.4. The van der Waals surface area contributed by atoms with Gasteiger partial charge in [-0.15, -0.1) is 11.3 Å². The monoisotopic (exact) mass is 241 g/mol. The molecule has 1 heterocycles. The summed E-state index contributed by atoms with van der Waals surface area (Å²) in [5.41, 5.74) is 0.658. The number of hydrogen-bond donors (Lipinski definition) is 1. The highest BCUT2D eigenvalue weighted by Crippen LogP contribution is 2.27. The minimum Gasteiger partial charge on any atom is -0.381 e. The lowest BCUT2D eigenvalue weighted by molar-refractivity contribution is 0.213. The first kappa shape index (κ1) is 11.2. The van der Waals surface area contributed by atoms with Gasteiger partial charge < -0.3 is 5.11 Å². The molecular weight excluding hydrogens is 232 g/mol. The highest BCUT2D eigenvalue weighted by molar-refractivity contribution is 7.09. The summed E-state index contributed by atoms with van der Waals surface area (Å²) in [4.78, 5) is 4.04. The fraction of sp³-hybridized carbons (Fsp3) is 0.182. The Morgan fingerprint density at radius 3 is 2.75 bits per heavy atom. The predicted molar refractivity (Wildman–Crippen MR) is 57.3 cm³/mol. The standard InChI is InChI=1S/C11H9F2NOS/c1-6-5-16-11(14-6)10(15)8-4-7(12)2-3-9(8)13/h2-5,10,15H,1H3. The molecule has 1 aromatic carbocycles. The summed E-state index contributed by atoms with van der Waals surface area (Å²) in [6.45, 7) is 1.77. The molecule has 5 heteroatoms. The second kappa shape index (κ2) is 4.27. The van der Waals surface area contributed by atoms with Crippen LogP contribution in [0.25, 0.3) is 0 Å². The lowest BCUT2D eigenvalue weighted by atomic mass is 10.1. The van der Waals surface area contributed by atoms with Gasteiger partial charge in [0.1, 0.15) is 22.7 Å². The number of halogens is 2. The lowest BCUT2D eigenvalue weighted by Gasteiger charge is -2.08. The molecule has 0 aliphatic heterocycles. The molecule has 2 rings (SSSR count). The van der Waals surface area contributed by atoms with Crippen molar-refractivity contribution in [1.29, 1.82) is 0 Å². The molecule has 0 saturated heterocycles. The van der Waals surface area contributed by atoms with Crippen LogP contribution in [-0.4, -0.2) is 10.1 Å². The van der Waals surface area contributed by atoms with E-state index in [2.05, 4.69) is 4.98 Å². The predicted octanol–water partition coefficient (Wildman–Crippen LogP) is 2.81. The van der Waals surface area contributed by atoms with Crippen molar-refractivity contribution >= 4 is 11.3 Å². The van der Waals surface area contributed by atoms with Gasteiger partial charge in [0.05, 0.1) is 0 Å². The summed E-state index contributed by atoms with van der Waals surface area (Å²) in [5.74, 6) is -1.22. The van der Waals surface area contributed by atoms with Gasteiger partial charge in [0, 0.05) is 16.6 Å². The normalized spacial score (nSPS) is 12.8. The van der Waals surface area contributed by atoms with Crippen molar-refractivity contribution in [2.24, 2.45) is 0 Å². The first-order valence-electron chi connectivity index (χ1n) is 4.63. The Kier molecular flexibility index (Phi) is 2.98.